The molecule has 0 unspecified atom stereocenters. The van der Waals surface area contributed by atoms with Gasteiger partial charge in [-0.2, -0.15) is 0 Å². The van der Waals surface area contributed by atoms with Crippen LogP contribution in [0.4, 0.5) is 10.6 Å². The molecule has 0 spiro atoms. The highest BCUT2D eigenvalue weighted by molar-refractivity contribution is 5.79. The summed E-state index contributed by atoms with van der Waals surface area (Å²) in [5, 5.41) is 13.6. The van der Waals surface area contributed by atoms with Crippen LogP contribution in [-0.2, 0) is 4.74 Å². The highest BCUT2D eigenvalue weighted by Gasteiger charge is 2.28. The number of nitro groups is 1. The molecule has 1 heterocycles. The highest BCUT2D eigenvalue weighted by Crippen LogP contribution is 2.44. The molecule has 0 fully saturated rings. The molecule has 3 aromatic rings. The first-order chi connectivity index (χ1) is 15.1. The van der Waals surface area contributed by atoms with Gasteiger partial charge >= 0.3 is 11.9 Å². The van der Waals surface area contributed by atoms with Crippen LogP contribution in [0.1, 0.15) is 29.0 Å². The van der Waals surface area contributed by atoms with E-state index in [1.165, 1.54) is 23.4 Å². The fraction of sp³-hybridized carbons (Fsp3) is 0.167. The van der Waals surface area contributed by atoms with Gasteiger partial charge < -0.3 is 20.2 Å². The van der Waals surface area contributed by atoms with Crippen LogP contribution >= 0.6 is 0 Å². The second kappa shape index (κ2) is 9.09. The van der Waals surface area contributed by atoms with Crippen molar-refractivity contribution >= 4 is 11.9 Å². The number of pyridine rings is 1. The van der Waals surface area contributed by atoms with Crippen LogP contribution in [0.25, 0.3) is 11.1 Å². The van der Waals surface area contributed by atoms with Crippen molar-refractivity contribution in [3.8, 4) is 23.0 Å². The van der Waals surface area contributed by atoms with E-state index in [0.717, 1.165) is 11.1 Å². The maximum absolute atomic E-state index is 12.1. The second-order valence-electron chi connectivity index (χ2n) is 6.94. The normalized spacial score (nSPS) is 11.6. The number of ether oxygens (including phenoxy) is 1. The monoisotopic (exact) mass is 413 g/mol. The molecule has 2 aromatic carbocycles. The SMILES string of the molecule is O=C(NCCC#Cc1cccnc1[N+](=O)[O-])OCC1c2ccccc2-c2ccccc21. The number of benzene rings is 2. The Morgan fingerprint density at radius 2 is 1.74 bits per heavy atom. The Bertz CT molecular complexity index is 1150. The van der Waals surface area contributed by atoms with E-state index < -0.39 is 11.0 Å². The Morgan fingerprint density at radius 3 is 2.42 bits per heavy atom. The zero-order valence-corrected chi connectivity index (χ0v) is 16.6. The van der Waals surface area contributed by atoms with E-state index in [2.05, 4.69) is 46.4 Å². The molecule has 0 saturated heterocycles. The molecule has 31 heavy (non-hydrogen) atoms. The van der Waals surface area contributed by atoms with Crippen LogP contribution in [-0.4, -0.2) is 29.2 Å². The molecule has 0 radical (unpaired) electrons. The van der Waals surface area contributed by atoms with E-state index in [-0.39, 0.29) is 30.5 Å². The molecule has 1 aliphatic rings. The topological polar surface area (TPSA) is 94.4 Å². The van der Waals surface area contributed by atoms with Gasteiger partial charge in [0.15, 0.2) is 0 Å². The molecule has 1 aliphatic carbocycles. The van der Waals surface area contributed by atoms with Gasteiger partial charge in [0.05, 0.1) is 0 Å². The van der Waals surface area contributed by atoms with Gasteiger partial charge in [-0.3, -0.25) is 0 Å². The summed E-state index contributed by atoms with van der Waals surface area (Å²) in [6, 6.07) is 19.4. The number of rotatable bonds is 5. The quantitative estimate of drug-likeness (QED) is 0.292. The van der Waals surface area contributed by atoms with Crippen LogP contribution in [0.15, 0.2) is 66.9 Å². The van der Waals surface area contributed by atoms with Gasteiger partial charge in [-0.05, 0) is 44.3 Å². The van der Waals surface area contributed by atoms with E-state index in [4.69, 9.17) is 4.74 Å². The minimum atomic E-state index is -0.570. The van der Waals surface area contributed by atoms with E-state index in [0.29, 0.717) is 6.42 Å². The molecule has 0 saturated carbocycles. The van der Waals surface area contributed by atoms with E-state index in [1.807, 2.05) is 24.3 Å². The summed E-state index contributed by atoms with van der Waals surface area (Å²) < 4.78 is 5.46. The number of carbonyl (C=O) groups excluding carboxylic acids is 1. The van der Waals surface area contributed by atoms with Gasteiger partial charge in [-0.15, -0.1) is 0 Å². The Hall–Kier alpha value is -4.18. The molecule has 4 rings (SSSR count). The zero-order chi connectivity index (χ0) is 21.6. The lowest BCUT2D eigenvalue weighted by Gasteiger charge is -2.14. The number of nitrogens with one attached hydrogen (secondary N) is 1. The molecular formula is C24H19N3O4. The minimum absolute atomic E-state index is 0.00377. The zero-order valence-electron chi connectivity index (χ0n) is 16.6. The van der Waals surface area contributed by atoms with Gasteiger partial charge in [0, 0.05) is 18.9 Å². The highest BCUT2D eigenvalue weighted by atomic mass is 16.6. The van der Waals surface area contributed by atoms with E-state index in [9.17, 15) is 14.9 Å². The van der Waals surface area contributed by atoms with Crippen LogP contribution in [0, 0.1) is 22.0 Å². The maximum Gasteiger partial charge on any atom is 0.407 e. The molecule has 7 nitrogen and oxygen atoms in total. The molecule has 0 atom stereocenters. The number of amides is 1. The third-order valence-electron chi connectivity index (χ3n) is 5.05. The number of fused-ring (bicyclic) bond motifs is 3. The molecule has 7 heteroatoms. The number of carbonyl (C=O) groups is 1. The summed E-state index contributed by atoms with van der Waals surface area (Å²) in [5.74, 6) is 5.26. The Labute approximate surface area is 179 Å². The van der Waals surface area contributed by atoms with Crippen molar-refractivity contribution in [2.24, 2.45) is 0 Å². The summed E-state index contributed by atoms with van der Waals surface area (Å²) >= 11 is 0. The fourth-order valence-electron chi connectivity index (χ4n) is 3.67. The minimum Gasteiger partial charge on any atom is -0.449 e. The summed E-state index contributed by atoms with van der Waals surface area (Å²) in [5.41, 5.74) is 4.90. The Kier molecular flexibility index (Phi) is 5.90. The van der Waals surface area contributed by atoms with Crippen molar-refractivity contribution in [2.75, 3.05) is 13.2 Å². The standard InChI is InChI=1S/C24H19N3O4/c28-24(26-14-6-5-8-17-9-7-15-25-23(17)27(29)30)31-16-22-20-12-3-1-10-18(20)19-11-2-4-13-21(19)22/h1-4,7,9-13,15,22H,6,14,16H2,(H,26,28). The first-order valence-corrected chi connectivity index (χ1v) is 9.82. The number of nitrogens with zero attached hydrogens (tertiary/aromatic N) is 2. The third kappa shape index (κ3) is 4.38. The number of hydrogen-bond donors (Lipinski definition) is 1. The lowest BCUT2D eigenvalue weighted by molar-refractivity contribution is -0.389. The van der Waals surface area contributed by atoms with Gasteiger partial charge in [-0.25, -0.2) is 4.79 Å². The smallest absolute Gasteiger partial charge is 0.407 e. The molecule has 1 amide bonds. The lowest BCUT2D eigenvalue weighted by Crippen LogP contribution is -2.26. The van der Waals surface area contributed by atoms with Gasteiger partial charge in [0.25, 0.3) is 0 Å². The van der Waals surface area contributed by atoms with Gasteiger partial charge in [0.1, 0.15) is 18.4 Å². The van der Waals surface area contributed by atoms with Gasteiger partial charge in [0.2, 0.25) is 0 Å². The van der Waals surface area contributed by atoms with Crippen molar-refractivity contribution in [1.29, 1.82) is 0 Å². The first-order valence-electron chi connectivity index (χ1n) is 9.82. The van der Waals surface area contributed by atoms with Crippen molar-refractivity contribution in [3.05, 3.63) is 93.7 Å². The molecule has 154 valence electrons. The predicted molar refractivity (Wildman–Crippen MR) is 115 cm³/mol. The number of alkyl carbamates (subject to hydrolysis) is 1. The number of aromatic nitrogens is 1. The summed E-state index contributed by atoms with van der Waals surface area (Å²) in [4.78, 5) is 26.2. The Balaban J connectivity index is 1.30. The number of hydrogen-bond acceptors (Lipinski definition) is 5. The van der Waals surface area contributed by atoms with Crippen LogP contribution in [0.3, 0.4) is 0 Å². The van der Waals surface area contributed by atoms with Gasteiger partial charge in [-0.1, -0.05) is 60.4 Å². The molecule has 0 aliphatic heterocycles. The van der Waals surface area contributed by atoms with Crippen molar-refractivity contribution in [3.63, 3.8) is 0 Å². The molecule has 0 bridgehead atoms. The lowest BCUT2D eigenvalue weighted by atomic mass is 9.98. The van der Waals surface area contributed by atoms with Crippen molar-refractivity contribution < 1.29 is 14.5 Å². The van der Waals surface area contributed by atoms with E-state index >= 15 is 0 Å². The molecular weight excluding hydrogens is 394 g/mol. The summed E-state index contributed by atoms with van der Waals surface area (Å²) in [6.07, 6.45) is 1.16. The van der Waals surface area contributed by atoms with E-state index in [1.54, 1.807) is 6.07 Å². The van der Waals surface area contributed by atoms with Crippen LogP contribution < -0.4 is 5.32 Å². The summed E-state index contributed by atoms with van der Waals surface area (Å²) in [7, 11) is 0. The third-order valence-corrected chi connectivity index (χ3v) is 5.05. The van der Waals surface area contributed by atoms with Crippen LogP contribution in [0.2, 0.25) is 0 Å². The average molecular weight is 413 g/mol. The maximum atomic E-state index is 12.1. The fourth-order valence-corrected chi connectivity index (χ4v) is 3.67. The van der Waals surface area contributed by atoms with Crippen molar-refractivity contribution in [1.82, 2.24) is 10.3 Å². The Morgan fingerprint density at radius 1 is 1.06 bits per heavy atom. The second-order valence-corrected chi connectivity index (χ2v) is 6.94. The summed E-state index contributed by atoms with van der Waals surface area (Å²) in [6.45, 7) is 0.519. The van der Waals surface area contributed by atoms with Crippen molar-refractivity contribution in [2.45, 2.75) is 12.3 Å². The molecule has 1 N–H and O–H groups in total. The average Bonchev–Trinajstić information content (AvgIpc) is 3.11. The predicted octanol–water partition coefficient (Wildman–Crippen LogP) is 4.27. The molecule has 1 aromatic heterocycles. The largest absolute Gasteiger partial charge is 0.449 e. The first kappa shape index (κ1) is 20.1. The van der Waals surface area contributed by atoms with Crippen LogP contribution in [0.5, 0.6) is 0 Å².